The zero-order valence-corrected chi connectivity index (χ0v) is 14.4. The van der Waals surface area contributed by atoms with Gasteiger partial charge in [-0.2, -0.15) is 0 Å². The van der Waals surface area contributed by atoms with Gasteiger partial charge < -0.3 is 15.0 Å². The smallest absolute Gasteiger partial charge is 0.330 e. The van der Waals surface area contributed by atoms with Crippen LogP contribution in [0.4, 0.5) is 9.18 Å². The number of urea groups is 1. The Labute approximate surface area is 154 Å². The third kappa shape index (κ3) is 3.41. The van der Waals surface area contributed by atoms with E-state index >= 15 is 0 Å². The first kappa shape index (κ1) is 17.2. The number of rotatable bonds is 4. The van der Waals surface area contributed by atoms with Crippen LogP contribution < -0.4 is 20.9 Å². The van der Waals surface area contributed by atoms with E-state index in [1.165, 1.54) is 18.2 Å². The van der Waals surface area contributed by atoms with E-state index in [-0.39, 0.29) is 23.9 Å². The minimum absolute atomic E-state index is 0.150. The van der Waals surface area contributed by atoms with Gasteiger partial charge in [0.15, 0.2) is 0 Å². The van der Waals surface area contributed by atoms with Crippen LogP contribution in [0.5, 0.6) is 5.88 Å². The average Bonchev–Trinajstić information content (AvgIpc) is 3.30. The number of halogens is 1. The molecule has 0 radical (unpaired) electrons. The summed E-state index contributed by atoms with van der Waals surface area (Å²) in [6.45, 7) is 4.46. The highest BCUT2D eigenvalue weighted by Gasteiger charge is 2.28. The van der Waals surface area contributed by atoms with Gasteiger partial charge in [-0.1, -0.05) is 12.6 Å². The van der Waals surface area contributed by atoms with Crippen LogP contribution >= 0.6 is 0 Å². The molecule has 140 valence electrons. The van der Waals surface area contributed by atoms with Gasteiger partial charge in [-0.25, -0.2) is 19.6 Å². The summed E-state index contributed by atoms with van der Waals surface area (Å²) in [6.07, 6.45) is 1.12. The van der Waals surface area contributed by atoms with Crippen LogP contribution in [0.2, 0.25) is 0 Å². The normalized spacial score (nSPS) is 21.8. The Balaban J connectivity index is 1.65. The number of pyridine rings is 1. The van der Waals surface area contributed by atoms with E-state index in [9.17, 15) is 14.0 Å². The second kappa shape index (κ2) is 6.84. The fourth-order valence-corrected chi connectivity index (χ4v) is 3.25. The van der Waals surface area contributed by atoms with Gasteiger partial charge >= 0.3 is 6.03 Å². The van der Waals surface area contributed by atoms with Crippen molar-refractivity contribution in [1.82, 2.24) is 26.1 Å². The lowest BCUT2D eigenvalue weighted by molar-refractivity contribution is -0.125. The molecule has 4 rings (SSSR count). The molecule has 0 bridgehead atoms. The van der Waals surface area contributed by atoms with Crippen molar-refractivity contribution in [2.75, 3.05) is 13.1 Å². The maximum Gasteiger partial charge on any atom is 0.330 e. The highest BCUT2D eigenvalue weighted by molar-refractivity contribution is 5.88. The molecule has 3 N–H and O–H groups in total. The SMILES string of the molecule is C=CC(=O)N1CC[C@H](Oc2nc(C3NNC(=O)N3)cc3ccc(F)cc23)C1. The molecular weight excluding hydrogens is 353 g/mol. The van der Waals surface area contributed by atoms with Gasteiger partial charge in [0, 0.05) is 18.4 Å². The molecule has 2 aliphatic rings. The molecule has 0 saturated carbocycles. The van der Waals surface area contributed by atoms with Crippen molar-refractivity contribution in [3.05, 3.63) is 48.4 Å². The number of benzene rings is 1. The van der Waals surface area contributed by atoms with Crippen LogP contribution in [0, 0.1) is 5.82 Å². The number of aromatic nitrogens is 1. The van der Waals surface area contributed by atoms with E-state index in [0.717, 1.165) is 5.39 Å². The van der Waals surface area contributed by atoms with Crippen LogP contribution in [-0.4, -0.2) is 41.0 Å². The number of hydrogen-bond donors (Lipinski definition) is 3. The van der Waals surface area contributed by atoms with Crippen LogP contribution in [0.25, 0.3) is 10.8 Å². The van der Waals surface area contributed by atoms with Gasteiger partial charge in [0.25, 0.3) is 0 Å². The Hall–Kier alpha value is -3.20. The summed E-state index contributed by atoms with van der Waals surface area (Å²) in [5.41, 5.74) is 5.76. The number of carbonyl (C=O) groups is 2. The number of hydrazine groups is 1. The Bertz CT molecular complexity index is 935. The summed E-state index contributed by atoms with van der Waals surface area (Å²) in [5.74, 6) is -0.281. The topological polar surface area (TPSA) is 95.6 Å². The maximum absolute atomic E-state index is 13.8. The second-order valence-corrected chi connectivity index (χ2v) is 6.41. The Morgan fingerprint density at radius 1 is 1.41 bits per heavy atom. The van der Waals surface area contributed by atoms with Crippen molar-refractivity contribution in [2.45, 2.75) is 18.7 Å². The molecule has 0 aliphatic carbocycles. The summed E-state index contributed by atoms with van der Waals surface area (Å²) >= 11 is 0. The van der Waals surface area contributed by atoms with Gasteiger partial charge in [0.1, 0.15) is 18.1 Å². The minimum atomic E-state index is -0.531. The van der Waals surface area contributed by atoms with E-state index in [0.29, 0.717) is 30.6 Å². The number of ether oxygens (including phenoxy) is 1. The van der Waals surface area contributed by atoms with Crippen molar-refractivity contribution >= 4 is 22.7 Å². The third-order valence-corrected chi connectivity index (χ3v) is 4.59. The number of amides is 3. The molecule has 3 heterocycles. The number of carbonyl (C=O) groups excluding carboxylic acids is 2. The molecule has 3 amide bonds. The Morgan fingerprint density at radius 2 is 2.26 bits per heavy atom. The highest BCUT2D eigenvalue weighted by atomic mass is 19.1. The number of nitrogens with one attached hydrogen (secondary N) is 3. The summed E-state index contributed by atoms with van der Waals surface area (Å²) in [5, 5.41) is 3.94. The summed E-state index contributed by atoms with van der Waals surface area (Å²) in [6, 6.07) is 5.75. The second-order valence-electron chi connectivity index (χ2n) is 6.41. The molecule has 8 nitrogen and oxygen atoms in total. The van der Waals surface area contributed by atoms with Gasteiger partial charge in [-0.05, 0) is 29.7 Å². The number of nitrogens with zero attached hydrogens (tertiary/aromatic N) is 2. The van der Waals surface area contributed by atoms with E-state index < -0.39 is 12.0 Å². The number of hydrogen-bond acceptors (Lipinski definition) is 5. The molecule has 0 spiro atoms. The van der Waals surface area contributed by atoms with E-state index in [1.807, 2.05) is 0 Å². The van der Waals surface area contributed by atoms with E-state index in [4.69, 9.17) is 4.74 Å². The molecule has 2 fully saturated rings. The number of fused-ring (bicyclic) bond motifs is 1. The molecule has 1 aromatic carbocycles. The molecule has 2 saturated heterocycles. The first-order valence-electron chi connectivity index (χ1n) is 8.54. The lowest BCUT2D eigenvalue weighted by Gasteiger charge is -2.18. The van der Waals surface area contributed by atoms with Crippen LogP contribution in [0.3, 0.4) is 0 Å². The maximum atomic E-state index is 13.8. The van der Waals surface area contributed by atoms with Crippen LogP contribution in [0.1, 0.15) is 18.3 Å². The van der Waals surface area contributed by atoms with Gasteiger partial charge in [0.05, 0.1) is 12.2 Å². The first-order valence-corrected chi connectivity index (χ1v) is 8.54. The largest absolute Gasteiger partial charge is 0.472 e. The Morgan fingerprint density at radius 3 is 3.00 bits per heavy atom. The fraction of sp³-hybridized carbons (Fsp3) is 0.278. The molecule has 2 aliphatic heterocycles. The highest BCUT2D eigenvalue weighted by Crippen LogP contribution is 2.29. The first-order chi connectivity index (χ1) is 13.0. The van der Waals surface area contributed by atoms with Crippen LogP contribution in [0.15, 0.2) is 36.9 Å². The quantitative estimate of drug-likeness (QED) is 0.706. The summed E-state index contributed by atoms with van der Waals surface area (Å²) < 4.78 is 19.8. The molecule has 2 atom stereocenters. The fourth-order valence-electron chi connectivity index (χ4n) is 3.25. The van der Waals surface area contributed by atoms with Crippen molar-refractivity contribution < 1.29 is 18.7 Å². The lowest BCUT2D eigenvalue weighted by atomic mass is 10.1. The molecule has 1 aromatic heterocycles. The van der Waals surface area contributed by atoms with Crippen molar-refractivity contribution in [2.24, 2.45) is 0 Å². The average molecular weight is 371 g/mol. The molecular formula is C18H18FN5O3. The summed E-state index contributed by atoms with van der Waals surface area (Å²) in [7, 11) is 0. The standard InChI is InChI=1S/C18H18FN5O3/c1-2-15(25)24-6-5-12(9-24)27-17-13-8-11(19)4-3-10(13)7-14(20-17)16-21-18(26)23-22-16/h2-4,7-8,12,16,22H,1,5-6,9H2,(H2,21,23,26)/t12-,16?/m0/s1. The van der Waals surface area contributed by atoms with Gasteiger partial charge in [-0.3, -0.25) is 10.2 Å². The van der Waals surface area contributed by atoms with E-state index in [1.54, 1.807) is 17.0 Å². The zero-order valence-electron chi connectivity index (χ0n) is 14.4. The van der Waals surface area contributed by atoms with Crippen molar-refractivity contribution in [3.8, 4) is 5.88 Å². The molecule has 1 unspecified atom stereocenters. The van der Waals surface area contributed by atoms with Crippen LogP contribution in [-0.2, 0) is 4.79 Å². The molecule has 9 heteroatoms. The van der Waals surface area contributed by atoms with Gasteiger partial charge in [0.2, 0.25) is 11.8 Å². The number of likely N-dealkylation sites (tertiary alicyclic amines) is 1. The van der Waals surface area contributed by atoms with Crippen molar-refractivity contribution in [3.63, 3.8) is 0 Å². The minimum Gasteiger partial charge on any atom is -0.472 e. The van der Waals surface area contributed by atoms with Crippen molar-refractivity contribution in [1.29, 1.82) is 0 Å². The monoisotopic (exact) mass is 371 g/mol. The predicted octanol–water partition coefficient (Wildman–Crippen LogP) is 1.36. The molecule has 27 heavy (non-hydrogen) atoms. The molecule has 2 aromatic rings. The zero-order chi connectivity index (χ0) is 19.0. The Kier molecular flexibility index (Phi) is 4.36. The van der Waals surface area contributed by atoms with Gasteiger partial charge in [-0.15, -0.1) is 0 Å². The summed E-state index contributed by atoms with van der Waals surface area (Å²) in [4.78, 5) is 29.3. The van der Waals surface area contributed by atoms with E-state index in [2.05, 4.69) is 27.7 Å². The lowest BCUT2D eigenvalue weighted by Crippen LogP contribution is -2.29. The third-order valence-electron chi connectivity index (χ3n) is 4.59. The predicted molar refractivity (Wildman–Crippen MR) is 95.1 cm³/mol.